The van der Waals surface area contributed by atoms with E-state index >= 15 is 0 Å². The second-order valence-corrected chi connectivity index (χ2v) is 14.9. The molecule has 38 heavy (non-hydrogen) atoms. The average molecular weight is 584 g/mol. The van der Waals surface area contributed by atoms with Crippen LogP contribution in [0.15, 0.2) is 23.1 Å². The van der Waals surface area contributed by atoms with Crippen molar-refractivity contribution in [2.75, 3.05) is 51.1 Å². The second-order valence-electron chi connectivity index (χ2n) is 8.78. The molecule has 0 spiro atoms. The number of carbonyl (C=O) groups is 2. The Morgan fingerprint density at radius 1 is 0.763 bits per heavy atom. The summed E-state index contributed by atoms with van der Waals surface area (Å²) in [4.78, 5) is 20.4. The third-order valence-electron chi connectivity index (χ3n) is 5.80. The van der Waals surface area contributed by atoms with Crippen LogP contribution in [0, 0.1) is 0 Å². The smallest absolute Gasteiger partial charge is 0.335 e. The highest BCUT2D eigenvalue weighted by Gasteiger charge is 2.32. The van der Waals surface area contributed by atoms with Gasteiger partial charge in [0.2, 0.25) is 0 Å². The molecule has 0 amide bonds. The summed E-state index contributed by atoms with van der Waals surface area (Å²) in [5.74, 6) is -2.99. The standard InChI is InChI=1S/C14H32P.C8H6O7S.C4H10O3/c1-5-9-12-15(8-4,13-10-6-2)14-11-7-3;9-7(10)4-1-5(8(11)12)3-6(2-4)16(13,14)15;5-1-3-7-4-2-6/h5-14H2,1-4H3;1-3H,(H,9,10)(H,11,12)(H,13,14,15);5-6H,1-4H2/q+1;;. The first-order valence-corrected chi connectivity index (χ1v) is 17.1. The average Bonchev–Trinajstić information content (AvgIpc) is 2.89. The van der Waals surface area contributed by atoms with E-state index in [1.807, 2.05) is 0 Å². The molecule has 0 atom stereocenters. The number of hydrogen-bond donors (Lipinski definition) is 5. The van der Waals surface area contributed by atoms with Gasteiger partial charge in [-0.15, -0.1) is 0 Å². The molecule has 0 heterocycles. The van der Waals surface area contributed by atoms with Gasteiger partial charge in [-0.3, -0.25) is 4.55 Å². The second kappa shape index (κ2) is 22.2. The number of aromatic carboxylic acids is 2. The molecule has 1 aromatic carbocycles. The first-order chi connectivity index (χ1) is 17.9. The van der Waals surface area contributed by atoms with Crippen molar-refractivity contribution in [2.24, 2.45) is 0 Å². The highest BCUT2D eigenvalue weighted by atomic mass is 32.2. The van der Waals surface area contributed by atoms with Gasteiger partial charge in [0, 0.05) is 7.26 Å². The lowest BCUT2D eigenvalue weighted by molar-refractivity contribution is 0.0650. The Morgan fingerprint density at radius 3 is 1.37 bits per heavy atom. The molecule has 12 heteroatoms. The van der Waals surface area contributed by atoms with E-state index < -0.39 is 45.3 Å². The van der Waals surface area contributed by atoms with Crippen LogP contribution in [0.1, 0.15) is 86.9 Å². The number of benzene rings is 1. The number of unbranched alkanes of at least 4 members (excludes halogenated alkanes) is 3. The zero-order valence-corrected chi connectivity index (χ0v) is 25.0. The fourth-order valence-corrected chi connectivity index (χ4v) is 8.65. The largest absolute Gasteiger partial charge is 0.478 e. The van der Waals surface area contributed by atoms with Gasteiger partial charge in [0.05, 0.1) is 67.1 Å². The summed E-state index contributed by atoms with van der Waals surface area (Å²) in [7, 11) is -5.17. The molecule has 0 fully saturated rings. The Balaban J connectivity index is 0. The Morgan fingerprint density at radius 2 is 1.13 bits per heavy atom. The maximum Gasteiger partial charge on any atom is 0.335 e. The van der Waals surface area contributed by atoms with E-state index in [9.17, 15) is 18.0 Å². The van der Waals surface area contributed by atoms with Crippen LogP contribution >= 0.6 is 7.26 Å². The molecule has 5 N–H and O–H groups in total. The molecule has 0 aliphatic heterocycles. The predicted molar refractivity (Wildman–Crippen MR) is 152 cm³/mol. The van der Waals surface area contributed by atoms with Crippen molar-refractivity contribution in [2.45, 2.75) is 71.1 Å². The normalized spacial score (nSPS) is 11.1. The summed E-state index contributed by atoms with van der Waals surface area (Å²) in [5.41, 5.74) is -1.07. The van der Waals surface area contributed by atoms with Crippen LogP contribution in [-0.2, 0) is 14.9 Å². The SMILES string of the molecule is CCCC[P+](CC)(CCCC)CCCC.O=C(O)c1cc(C(=O)O)cc(S(=O)(=O)O)c1.OCCOCCO. The Kier molecular flexibility index (Phi) is 22.5. The van der Waals surface area contributed by atoms with Crippen LogP contribution in [0.5, 0.6) is 0 Å². The fourth-order valence-electron chi connectivity index (χ4n) is 3.52. The third-order valence-corrected chi connectivity index (χ3v) is 11.8. The monoisotopic (exact) mass is 583 g/mol. The molecular formula is C26H48O10PS+. The minimum Gasteiger partial charge on any atom is -0.478 e. The molecule has 0 radical (unpaired) electrons. The molecule has 0 aliphatic carbocycles. The summed E-state index contributed by atoms with van der Waals surface area (Å²) in [6.45, 7) is 10.2. The van der Waals surface area contributed by atoms with E-state index in [0.717, 1.165) is 6.07 Å². The van der Waals surface area contributed by atoms with E-state index in [4.69, 9.17) is 25.0 Å². The first-order valence-electron chi connectivity index (χ1n) is 13.1. The number of aliphatic hydroxyl groups is 2. The molecule has 0 saturated carbocycles. The van der Waals surface area contributed by atoms with Crippen LogP contribution in [0.3, 0.4) is 0 Å². The fraction of sp³-hybridized carbons (Fsp3) is 0.692. The van der Waals surface area contributed by atoms with Crippen molar-refractivity contribution in [3.8, 4) is 0 Å². The lowest BCUT2D eigenvalue weighted by Gasteiger charge is -2.26. The summed E-state index contributed by atoms with van der Waals surface area (Å²) in [5, 5.41) is 33.4. The molecular weight excluding hydrogens is 535 g/mol. The lowest BCUT2D eigenvalue weighted by atomic mass is 10.1. The van der Waals surface area contributed by atoms with Gasteiger partial charge < -0.3 is 25.2 Å². The Hall–Kier alpha value is -1.62. The van der Waals surface area contributed by atoms with Crippen LogP contribution in [-0.4, -0.2) is 96.4 Å². The van der Waals surface area contributed by atoms with Gasteiger partial charge >= 0.3 is 11.9 Å². The van der Waals surface area contributed by atoms with Gasteiger partial charge in [0.25, 0.3) is 10.1 Å². The molecule has 0 aliphatic rings. The number of rotatable bonds is 17. The maximum atomic E-state index is 10.8. The number of carboxylic acid groups (broad SMARTS) is 2. The van der Waals surface area contributed by atoms with E-state index in [1.165, 1.54) is 44.7 Å². The maximum absolute atomic E-state index is 10.8. The van der Waals surface area contributed by atoms with Crippen LogP contribution in [0.2, 0.25) is 0 Å². The first kappa shape index (κ1) is 38.5. The lowest BCUT2D eigenvalue weighted by Crippen LogP contribution is -2.11. The van der Waals surface area contributed by atoms with Crippen molar-refractivity contribution in [3.05, 3.63) is 29.3 Å². The van der Waals surface area contributed by atoms with E-state index in [1.54, 1.807) is 18.5 Å². The van der Waals surface area contributed by atoms with Gasteiger partial charge in [-0.25, -0.2) is 9.59 Å². The molecule has 1 aromatic rings. The van der Waals surface area contributed by atoms with E-state index in [2.05, 4.69) is 32.4 Å². The van der Waals surface area contributed by atoms with Crippen LogP contribution in [0.4, 0.5) is 0 Å². The zero-order valence-electron chi connectivity index (χ0n) is 23.3. The topological polar surface area (TPSA) is 179 Å². The highest BCUT2D eigenvalue weighted by Crippen LogP contribution is 2.60. The molecule has 1 rings (SSSR count). The number of aliphatic hydroxyl groups excluding tert-OH is 2. The molecule has 0 unspecified atom stereocenters. The van der Waals surface area contributed by atoms with Crippen molar-refractivity contribution in [1.29, 1.82) is 0 Å². The third kappa shape index (κ3) is 17.8. The van der Waals surface area contributed by atoms with Gasteiger partial charge in [-0.1, -0.05) is 40.0 Å². The number of hydrogen-bond acceptors (Lipinski definition) is 7. The van der Waals surface area contributed by atoms with E-state index in [-0.39, 0.29) is 13.2 Å². The summed E-state index contributed by atoms with van der Waals surface area (Å²) in [6, 6.07) is 2.13. The van der Waals surface area contributed by atoms with Gasteiger partial charge in [-0.2, -0.15) is 8.42 Å². The van der Waals surface area contributed by atoms with Gasteiger partial charge in [0.15, 0.2) is 0 Å². The van der Waals surface area contributed by atoms with Crippen LogP contribution < -0.4 is 0 Å². The highest BCUT2D eigenvalue weighted by molar-refractivity contribution is 7.85. The zero-order chi connectivity index (χ0) is 29.6. The molecule has 0 saturated heterocycles. The minimum absolute atomic E-state index is 0.0278. The van der Waals surface area contributed by atoms with Crippen molar-refractivity contribution < 1.29 is 47.7 Å². The van der Waals surface area contributed by atoms with Crippen molar-refractivity contribution in [1.82, 2.24) is 0 Å². The summed E-state index contributed by atoms with van der Waals surface area (Å²) >= 11 is 0. The Bertz CT molecular complexity index is 832. The van der Waals surface area contributed by atoms with Crippen molar-refractivity contribution >= 4 is 29.3 Å². The predicted octanol–water partition coefficient (Wildman–Crippen LogP) is 4.74. The number of carboxylic acids is 2. The summed E-state index contributed by atoms with van der Waals surface area (Å²) < 4.78 is 34.8. The quantitative estimate of drug-likeness (QED) is 0.0977. The minimum atomic E-state index is -4.64. The van der Waals surface area contributed by atoms with Gasteiger partial charge in [-0.05, 0) is 44.4 Å². The molecule has 222 valence electrons. The van der Waals surface area contributed by atoms with Crippen LogP contribution in [0.25, 0.3) is 0 Å². The Labute approximate surface area is 228 Å². The number of ether oxygens (including phenoxy) is 1. The van der Waals surface area contributed by atoms with Crippen molar-refractivity contribution in [3.63, 3.8) is 0 Å². The van der Waals surface area contributed by atoms with Gasteiger partial charge in [0.1, 0.15) is 0 Å². The molecule has 0 aromatic heterocycles. The molecule has 0 bridgehead atoms. The molecule has 10 nitrogen and oxygen atoms in total. The van der Waals surface area contributed by atoms with E-state index in [0.29, 0.717) is 25.3 Å². The summed E-state index contributed by atoms with van der Waals surface area (Å²) in [6.07, 6.45) is 14.9.